The van der Waals surface area contributed by atoms with Crippen LogP contribution in [0.4, 0.5) is 5.69 Å². The first-order chi connectivity index (χ1) is 7.93. The number of hydrogen-bond donors (Lipinski definition) is 1. The van der Waals surface area contributed by atoms with Gasteiger partial charge in [0.1, 0.15) is 0 Å². The lowest BCUT2D eigenvalue weighted by molar-refractivity contribution is -0.122. The molecule has 1 aromatic rings. The highest BCUT2D eigenvalue weighted by atomic mass is 35.5. The van der Waals surface area contributed by atoms with E-state index in [1.165, 1.54) is 22.9 Å². The summed E-state index contributed by atoms with van der Waals surface area (Å²) in [4.78, 5) is 26.6. The van der Waals surface area contributed by atoms with Gasteiger partial charge < -0.3 is 15.5 Å². The van der Waals surface area contributed by atoms with Crippen molar-refractivity contribution in [2.24, 2.45) is 5.73 Å². The highest BCUT2D eigenvalue weighted by Gasteiger charge is 2.33. The molecule has 17 heavy (non-hydrogen) atoms. The molecule has 0 saturated carbocycles. The molecule has 0 bridgehead atoms. The number of anilines is 1. The van der Waals surface area contributed by atoms with Gasteiger partial charge in [-0.25, -0.2) is 0 Å². The second-order valence-electron chi connectivity index (χ2n) is 3.92. The predicted octanol–water partition coefficient (Wildman–Crippen LogP) is 0.673. The van der Waals surface area contributed by atoms with Gasteiger partial charge in [0.25, 0.3) is 11.8 Å². The van der Waals surface area contributed by atoms with Crippen LogP contribution in [0.25, 0.3) is 0 Å². The van der Waals surface area contributed by atoms with Gasteiger partial charge >= 0.3 is 0 Å². The van der Waals surface area contributed by atoms with Crippen LogP contribution in [0.5, 0.6) is 0 Å². The Morgan fingerprint density at radius 3 is 2.59 bits per heavy atom. The Morgan fingerprint density at radius 2 is 1.94 bits per heavy atom. The zero-order valence-electron chi connectivity index (χ0n) is 9.48. The maximum Gasteiger partial charge on any atom is 0.264 e. The lowest BCUT2D eigenvalue weighted by Gasteiger charge is -2.22. The Hall–Kier alpha value is -1.59. The van der Waals surface area contributed by atoms with Crippen LogP contribution < -0.4 is 10.6 Å². The van der Waals surface area contributed by atoms with Crippen LogP contribution in [0.1, 0.15) is 10.4 Å². The number of rotatable bonds is 0. The molecule has 2 amide bonds. The highest BCUT2D eigenvalue weighted by molar-refractivity contribution is 6.31. The number of hydrogen-bond acceptors (Lipinski definition) is 3. The maximum atomic E-state index is 12.1. The number of carbonyl (C=O) groups excluding carboxylic acids is 2. The van der Waals surface area contributed by atoms with E-state index < -0.39 is 6.17 Å². The van der Waals surface area contributed by atoms with Crippen LogP contribution in [0, 0.1) is 0 Å². The molecule has 2 rings (SSSR count). The second kappa shape index (κ2) is 4.01. The molecule has 2 N–H and O–H groups in total. The lowest BCUT2D eigenvalue weighted by atomic mass is 10.1. The molecule has 0 spiro atoms. The molecular weight excluding hydrogens is 242 g/mol. The van der Waals surface area contributed by atoms with Crippen LogP contribution in [0.3, 0.4) is 0 Å². The minimum atomic E-state index is -0.973. The standard InChI is InChI=1S/C11H12ClN3O2/c1-14-8-4-3-6(12)5-7(8)10(16)15(2)9(13)11(14)17/h3-5,9H,13H2,1-2H3. The number of nitrogens with two attached hydrogens (primary N) is 1. The van der Waals surface area contributed by atoms with E-state index in [-0.39, 0.29) is 11.8 Å². The first kappa shape index (κ1) is 11.9. The number of likely N-dealkylation sites (N-methyl/N-ethyl adjacent to an activating group) is 2. The quantitative estimate of drug-likeness (QED) is 0.739. The van der Waals surface area contributed by atoms with Crippen LogP contribution in [0.15, 0.2) is 18.2 Å². The molecule has 0 fully saturated rings. The molecule has 0 radical (unpaired) electrons. The van der Waals surface area contributed by atoms with E-state index in [0.717, 1.165) is 0 Å². The van der Waals surface area contributed by atoms with Gasteiger partial charge in [-0.05, 0) is 18.2 Å². The number of halogens is 1. The number of carbonyl (C=O) groups is 2. The molecule has 0 aliphatic carbocycles. The average molecular weight is 254 g/mol. The van der Waals surface area contributed by atoms with E-state index in [0.29, 0.717) is 16.3 Å². The highest BCUT2D eigenvalue weighted by Crippen LogP contribution is 2.27. The van der Waals surface area contributed by atoms with Crippen molar-refractivity contribution in [3.05, 3.63) is 28.8 Å². The fraction of sp³-hybridized carbons (Fsp3) is 0.273. The number of benzene rings is 1. The monoisotopic (exact) mass is 253 g/mol. The van der Waals surface area contributed by atoms with Crippen LogP contribution in [-0.2, 0) is 4.79 Å². The molecular formula is C11H12ClN3O2. The summed E-state index contributed by atoms with van der Waals surface area (Å²) in [5.41, 5.74) is 6.60. The molecule has 1 atom stereocenters. The van der Waals surface area contributed by atoms with Crippen LogP contribution >= 0.6 is 11.6 Å². The Kier molecular flexibility index (Phi) is 2.81. The second-order valence-corrected chi connectivity index (χ2v) is 4.36. The van der Waals surface area contributed by atoms with Crippen molar-refractivity contribution in [3.63, 3.8) is 0 Å². The van der Waals surface area contributed by atoms with Crippen molar-refractivity contribution in [3.8, 4) is 0 Å². The molecule has 5 nitrogen and oxygen atoms in total. The molecule has 1 unspecified atom stereocenters. The summed E-state index contributed by atoms with van der Waals surface area (Å²) in [5.74, 6) is -0.644. The molecule has 1 aliphatic rings. The van der Waals surface area contributed by atoms with Gasteiger partial charge in [-0.2, -0.15) is 0 Å². The summed E-state index contributed by atoms with van der Waals surface area (Å²) in [5, 5.41) is 0.446. The van der Waals surface area contributed by atoms with Gasteiger partial charge in [-0.15, -0.1) is 0 Å². The minimum Gasteiger partial charge on any atom is -0.318 e. The van der Waals surface area contributed by atoms with Gasteiger partial charge in [0, 0.05) is 19.1 Å². The zero-order chi connectivity index (χ0) is 12.7. The van der Waals surface area contributed by atoms with Crippen molar-refractivity contribution in [2.75, 3.05) is 19.0 Å². The fourth-order valence-electron chi connectivity index (χ4n) is 1.77. The van der Waals surface area contributed by atoms with Crippen molar-refractivity contribution in [1.29, 1.82) is 0 Å². The Balaban J connectivity index is 2.65. The van der Waals surface area contributed by atoms with Crippen molar-refractivity contribution in [2.45, 2.75) is 6.17 Å². The van der Waals surface area contributed by atoms with Gasteiger partial charge in [-0.3, -0.25) is 9.59 Å². The van der Waals surface area contributed by atoms with E-state index in [2.05, 4.69) is 0 Å². The molecule has 1 aromatic carbocycles. The molecule has 90 valence electrons. The Bertz CT molecular complexity index is 503. The third kappa shape index (κ3) is 1.77. The summed E-state index contributed by atoms with van der Waals surface area (Å²) in [7, 11) is 3.08. The molecule has 6 heteroatoms. The van der Waals surface area contributed by atoms with Gasteiger partial charge in [0.15, 0.2) is 6.17 Å². The summed E-state index contributed by atoms with van der Waals surface area (Å²) in [6, 6.07) is 4.81. The summed E-state index contributed by atoms with van der Waals surface area (Å²) < 4.78 is 0. The minimum absolute atomic E-state index is 0.312. The summed E-state index contributed by atoms with van der Waals surface area (Å²) in [6.07, 6.45) is -0.973. The summed E-state index contributed by atoms with van der Waals surface area (Å²) >= 11 is 5.86. The molecule has 0 saturated heterocycles. The zero-order valence-corrected chi connectivity index (χ0v) is 10.2. The third-order valence-corrected chi connectivity index (χ3v) is 3.11. The largest absolute Gasteiger partial charge is 0.318 e. The van der Waals surface area contributed by atoms with Crippen LogP contribution in [0.2, 0.25) is 5.02 Å². The van der Waals surface area contributed by atoms with E-state index in [4.69, 9.17) is 17.3 Å². The van der Waals surface area contributed by atoms with Crippen molar-refractivity contribution in [1.82, 2.24) is 4.90 Å². The Labute approximate surface area is 104 Å². The van der Waals surface area contributed by atoms with Crippen molar-refractivity contribution < 1.29 is 9.59 Å². The van der Waals surface area contributed by atoms with Crippen LogP contribution in [-0.4, -0.2) is 37.0 Å². The van der Waals surface area contributed by atoms with Gasteiger partial charge in [0.05, 0.1) is 11.3 Å². The maximum absolute atomic E-state index is 12.1. The topological polar surface area (TPSA) is 66.6 Å². The molecule has 1 aliphatic heterocycles. The van der Waals surface area contributed by atoms with E-state index >= 15 is 0 Å². The van der Waals surface area contributed by atoms with E-state index in [1.54, 1.807) is 19.2 Å². The third-order valence-electron chi connectivity index (χ3n) is 2.87. The fourth-order valence-corrected chi connectivity index (χ4v) is 1.94. The Morgan fingerprint density at radius 1 is 1.29 bits per heavy atom. The smallest absolute Gasteiger partial charge is 0.264 e. The SMILES string of the molecule is CN1C(=O)C(N)N(C)C(=O)c2cc(Cl)ccc21. The molecule has 0 aromatic heterocycles. The van der Waals surface area contributed by atoms with Gasteiger partial charge in [0.2, 0.25) is 0 Å². The molecule has 1 heterocycles. The number of amides is 2. The predicted molar refractivity (Wildman–Crippen MR) is 64.9 cm³/mol. The first-order valence-corrected chi connectivity index (χ1v) is 5.41. The lowest BCUT2D eigenvalue weighted by Crippen LogP contribution is -2.51. The van der Waals surface area contributed by atoms with E-state index in [1.807, 2.05) is 0 Å². The van der Waals surface area contributed by atoms with Crippen molar-refractivity contribution >= 4 is 29.1 Å². The number of fused-ring (bicyclic) bond motifs is 1. The van der Waals surface area contributed by atoms with Gasteiger partial charge in [-0.1, -0.05) is 11.6 Å². The summed E-state index contributed by atoms with van der Waals surface area (Å²) in [6.45, 7) is 0. The van der Waals surface area contributed by atoms with E-state index in [9.17, 15) is 9.59 Å². The average Bonchev–Trinajstić information content (AvgIpc) is 2.38. The first-order valence-electron chi connectivity index (χ1n) is 5.03. The number of nitrogens with zero attached hydrogens (tertiary/aromatic N) is 2. The normalized spacial score (nSPS) is 20.4.